The van der Waals surface area contributed by atoms with Gasteiger partial charge in [0.15, 0.2) is 11.4 Å². The van der Waals surface area contributed by atoms with Gasteiger partial charge in [-0.05, 0) is 24.3 Å². The summed E-state index contributed by atoms with van der Waals surface area (Å²) < 4.78 is 21.8. The van der Waals surface area contributed by atoms with Crippen LogP contribution < -0.4 is 11.1 Å². The number of halogens is 2. The number of fused-ring (bicyclic) bond motifs is 2. The van der Waals surface area contributed by atoms with E-state index in [1.807, 2.05) is 6.07 Å². The van der Waals surface area contributed by atoms with Crippen LogP contribution in [-0.2, 0) is 21.7 Å². The van der Waals surface area contributed by atoms with Crippen LogP contribution in [-0.4, -0.2) is 44.8 Å². The largest absolute Gasteiger partial charge is 0.436 e. The molecular weight excluding hydrogens is 439 g/mol. The van der Waals surface area contributed by atoms with Crippen molar-refractivity contribution < 1.29 is 18.7 Å². The lowest BCUT2D eigenvalue weighted by molar-refractivity contribution is -0.132. The standard InChI is InChI=1S/C21H18ClFN6O3/c22-12-4-5-14-18(19(12)23)21(32-20(31)26-14)6-8-28(11-21)17(30)10-29-16(24)9-15(27-29)13-3-1-2-7-25-13/h1-5,7,9H,6,8,10-11,24H2,(H,26,31)/t21-/m0/s1. The molecule has 3 N–H and O–H groups in total. The first-order valence-corrected chi connectivity index (χ1v) is 10.2. The lowest BCUT2D eigenvalue weighted by Gasteiger charge is -2.35. The quantitative estimate of drug-likeness (QED) is 0.626. The average molecular weight is 457 g/mol. The zero-order chi connectivity index (χ0) is 22.5. The molecule has 1 fully saturated rings. The van der Waals surface area contributed by atoms with E-state index >= 15 is 0 Å². The molecule has 2 aromatic heterocycles. The summed E-state index contributed by atoms with van der Waals surface area (Å²) in [5, 5.41) is 6.78. The molecule has 3 aromatic rings. The van der Waals surface area contributed by atoms with Gasteiger partial charge in [-0.2, -0.15) is 5.10 Å². The van der Waals surface area contributed by atoms with Crippen molar-refractivity contribution in [1.29, 1.82) is 0 Å². The predicted molar refractivity (Wildman–Crippen MR) is 114 cm³/mol. The van der Waals surface area contributed by atoms with E-state index in [1.54, 1.807) is 24.4 Å². The molecule has 1 atom stereocenters. The van der Waals surface area contributed by atoms with Crippen LogP contribution in [0.3, 0.4) is 0 Å². The lowest BCUT2D eigenvalue weighted by atomic mass is 9.89. The molecule has 9 nitrogen and oxygen atoms in total. The van der Waals surface area contributed by atoms with Gasteiger partial charge in [0.2, 0.25) is 5.91 Å². The van der Waals surface area contributed by atoms with Crippen LogP contribution in [0.4, 0.5) is 20.7 Å². The number of carbonyl (C=O) groups is 2. The van der Waals surface area contributed by atoms with Crippen molar-refractivity contribution in [3.63, 3.8) is 0 Å². The zero-order valence-corrected chi connectivity index (χ0v) is 17.5. The number of benzene rings is 1. The van der Waals surface area contributed by atoms with E-state index in [1.165, 1.54) is 21.7 Å². The number of nitrogens with zero attached hydrogens (tertiary/aromatic N) is 4. The molecular formula is C21H18ClFN6O3. The topological polar surface area (TPSA) is 115 Å². The van der Waals surface area contributed by atoms with Crippen LogP contribution >= 0.6 is 11.6 Å². The van der Waals surface area contributed by atoms with Gasteiger partial charge in [-0.25, -0.2) is 13.9 Å². The van der Waals surface area contributed by atoms with Gasteiger partial charge in [0.1, 0.15) is 18.1 Å². The molecule has 0 aliphatic carbocycles. The number of pyridine rings is 1. The Hall–Kier alpha value is -3.66. The fraction of sp³-hybridized carbons (Fsp3) is 0.238. The molecule has 4 heterocycles. The maximum atomic E-state index is 14.9. The summed E-state index contributed by atoms with van der Waals surface area (Å²) in [5.74, 6) is -0.651. The van der Waals surface area contributed by atoms with E-state index in [0.29, 0.717) is 17.2 Å². The van der Waals surface area contributed by atoms with Gasteiger partial charge < -0.3 is 15.4 Å². The highest BCUT2D eigenvalue weighted by Gasteiger charge is 2.50. The number of carbonyl (C=O) groups excluding carboxylic acids is 2. The van der Waals surface area contributed by atoms with Crippen LogP contribution in [0.5, 0.6) is 0 Å². The van der Waals surface area contributed by atoms with Crippen molar-refractivity contribution in [2.45, 2.75) is 18.6 Å². The highest BCUT2D eigenvalue weighted by atomic mass is 35.5. The van der Waals surface area contributed by atoms with Gasteiger partial charge in [0.05, 0.1) is 28.5 Å². The first kappa shape index (κ1) is 20.3. The maximum Gasteiger partial charge on any atom is 0.412 e. The molecule has 1 spiro atoms. The van der Waals surface area contributed by atoms with Gasteiger partial charge >= 0.3 is 6.09 Å². The predicted octanol–water partition coefficient (Wildman–Crippen LogP) is 3.01. The molecule has 0 radical (unpaired) electrons. The second-order valence-corrected chi connectivity index (χ2v) is 8.09. The van der Waals surface area contributed by atoms with Gasteiger partial charge in [-0.3, -0.25) is 15.1 Å². The van der Waals surface area contributed by atoms with Crippen molar-refractivity contribution in [3.05, 3.63) is 59.0 Å². The number of nitrogens with one attached hydrogen (secondary N) is 1. The molecule has 0 bridgehead atoms. The number of aromatic nitrogens is 3. The Morgan fingerprint density at radius 3 is 2.94 bits per heavy atom. The fourth-order valence-corrected chi connectivity index (χ4v) is 4.33. The van der Waals surface area contributed by atoms with Crippen LogP contribution in [0.2, 0.25) is 5.02 Å². The Labute approximate surface area is 186 Å². The minimum Gasteiger partial charge on any atom is -0.436 e. The number of likely N-dealkylation sites (tertiary alicyclic amines) is 1. The Balaban J connectivity index is 1.38. The van der Waals surface area contributed by atoms with Crippen molar-refractivity contribution >= 4 is 35.1 Å². The van der Waals surface area contributed by atoms with E-state index in [2.05, 4.69) is 15.4 Å². The molecule has 2 aliphatic heterocycles. The molecule has 1 aromatic carbocycles. The Bertz CT molecular complexity index is 1230. The number of hydrogen-bond acceptors (Lipinski definition) is 6. The average Bonchev–Trinajstić information content (AvgIpc) is 3.35. The molecule has 32 heavy (non-hydrogen) atoms. The SMILES string of the molecule is Nc1cc(-c2ccccn2)nn1CC(=O)N1CC[C@@]2(C1)OC(=O)Nc1ccc(Cl)c(F)c12. The summed E-state index contributed by atoms with van der Waals surface area (Å²) in [4.78, 5) is 30.8. The van der Waals surface area contributed by atoms with Gasteiger partial charge in [-0.1, -0.05) is 17.7 Å². The number of anilines is 2. The molecule has 1 saturated heterocycles. The lowest BCUT2D eigenvalue weighted by Crippen LogP contribution is -2.44. The first-order chi connectivity index (χ1) is 15.4. The van der Waals surface area contributed by atoms with Crippen molar-refractivity contribution in [2.75, 3.05) is 24.1 Å². The van der Waals surface area contributed by atoms with Gasteiger partial charge in [0, 0.05) is 25.2 Å². The van der Waals surface area contributed by atoms with E-state index in [9.17, 15) is 14.0 Å². The van der Waals surface area contributed by atoms with E-state index in [4.69, 9.17) is 22.1 Å². The summed E-state index contributed by atoms with van der Waals surface area (Å²) in [6, 6.07) is 9.95. The molecule has 164 valence electrons. The van der Waals surface area contributed by atoms with Crippen molar-refractivity contribution in [2.24, 2.45) is 0 Å². The van der Waals surface area contributed by atoms with Crippen LogP contribution in [0.25, 0.3) is 11.4 Å². The van der Waals surface area contributed by atoms with Crippen molar-refractivity contribution in [1.82, 2.24) is 19.7 Å². The summed E-state index contributed by atoms with van der Waals surface area (Å²) >= 11 is 5.97. The van der Waals surface area contributed by atoms with Crippen LogP contribution in [0.15, 0.2) is 42.6 Å². The number of amides is 2. The molecule has 11 heteroatoms. The Morgan fingerprint density at radius 2 is 2.16 bits per heavy atom. The first-order valence-electron chi connectivity index (χ1n) is 9.87. The third-order valence-corrected chi connectivity index (χ3v) is 5.98. The monoisotopic (exact) mass is 456 g/mol. The normalized spacial score (nSPS) is 19.6. The third-order valence-electron chi connectivity index (χ3n) is 5.68. The number of ether oxygens (including phenoxy) is 1. The second-order valence-electron chi connectivity index (χ2n) is 7.69. The van der Waals surface area contributed by atoms with Crippen molar-refractivity contribution in [3.8, 4) is 11.4 Å². The Morgan fingerprint density at radius 1 is 1.31 bits per heavy atom. The molecule has 2 amide bonds. The number of hydrogen-bond donors (Lipinski definition) is 2. The van der Waals surface area contributed by atoms with Crippen LogP contribution in [0, 0.1) is 5.82 Å². The summed E-state index contributed by atoms with van der Waals surface area (Å²) in [5.41, 5.74) is 6.35. The second kappa shape index (κ2) is 7.49. The fourth-order valence-electron chi connectivity index (χ4n) is 4.17. The molecule has 5 rings (SSSR count). The summed E-state index contributed by atoms with van der Waals surface area (Å²) in [6.45, 7) is 0.148. The van der Waals surface area contributed by atoms with E-state index in [-0.39, 0.29) is 48.2 Å². The molecule has 0 unspecified atom stereocenters. The van der Waals surface area contributed by atoms with E-state index < -0.39 is 17.5 Å². The summed E-state index contributed by atoms with van der Waals surface area (Å²) in [6.07, 6.45) is 1.18. The summed E-state index contributed by atoms with van der Waals surface area (Å²) in [7, 11) is 0. The smallest absolute Gasteiger partial charge is 0.412 e. The van der Waals surface area contributed by atoms with Crippen LogP contribution in [0.1, 0.15) is 12.0 Å². The van der Waals surface area contributed by atoms with Gasteiger partial charge in [-0.15, -0.1) is 0 Å². The van der Waals surface area contributed by atoms with E-state index in [0.717, 1.165) is 0 Å². The minimum atomic E-state index is -1.31. The number of nitrogens with two attached hydrogens (primary N) is 1. The van der Waals surface area contributed by atoms with Gasteiger partial charge in [0.25, 0.3) is 0 Å². The maximum absolute atomic E-state index is 14.9. The minimum absolute atomic E-state index is 0.00220. The highest BCUT2D eigenvalue weighted by Crippen LogP contribution is 2.45. The zero-order valence-electron chi connectivity index (χ0n) is 16.7. The third kappa shape index (κ3) is 3.32. The number of nitrogen functional groups attached to an aromatic ring is 1. The Kier molecular flexibility index (Phi) is 4.74. The number of rotatable bonds is 3. The highest BCUT2D eigenvalue weighted by molar-refractivity contribution is 6.31. The molecule has 2 aliphatic rings. The molecule has 0 saturated carbocycles.